The first-order valence-electron chi connectivity index (χ1n) is 9.55. The van der Waals surface area contributed by atoms with E-state index in [1.165, 1.54) is 24.3 Å². The molecule has 0 unspecified atom stereocenters. The minimum atomic E-state index is -3.52. The van der Waals surface area contributed by atoms with E-state index in [1.54, 1.807) is 18.0 Å². The summed E-state index contributed by atoms with van der Waals surface area (Å²) < 4.78 is 27.1. The first kappa shape index (κ1) is 20.6. The molecule has 1 aliphatic carbocycles. The van der Waals surface area contributed by atoms with Crippen molar-refractivity contribution < 1.29 is 13.2 Å². The summed E-state index contributed by atoms with van der Waals surface area (Å²) >= 11 is 1.69. The van der Waals surface area contributed by atoms with E-state index in [2.05, 4.69) is 15.0 Å². The lowest BCUT2D eigenvalue weighted by molar-refractivity contribution is 0.102. The van der Waals surface area contributed by atoms with Crippen LogP contribution in [0.2, 0.25) is 0 Å². The quantitative estimate of drug-likeness (QED) is 0.517. The molecule has 154 valence electrons. The molecule has 0 radical (unpaired) electrons. The Balaban J connectivity index is 1.34. The molecule has 1 saturated carbocycles. The van der Waals surface area contributed by atoms with Crippen molar-refractivity contribution >= 4 is 33.4 Å². The van der Waals surface area contributed by atoms with Crippen molar-refractivity contribution in [2.45, 2.75) is 34.4 Å². The number of nitrogens with one attached hydrogen (secondary N) is 2. The molecule has 1 amide bonds. The van der Waals surface area contributed by atoms with Crippen LogP contribution in [0, 0.1) is 0 Å². The van der Waals surface area contributed by atoms with Crippen LogP contribution in [-0.4, -0.2) is 25.4 Å². The third-order valence-electron chi connectivity index (χ3n) is 4.57. The fourth-order valence-electron chi connectivity index (χ4n) is 2.76. The Bertz CT molecular complexity index is 1110. The number of hydrogen-bond donors (Lipinski definition) is 2. The number of rotatable bonds is 8. The van der Waals surface area contributed by atoms with Crippen LogP contribution in [-0.2, 0) is 15.8 Å². The van der Waals surface area contributed by atoms with Gasteiger partial charge in [0.2, 0.25) is 10.0 Å². The average molecular weight is 440 g/mol. The molecule has 2 aromatic carbocycles. The zero-order chi connectivity index (χ0) is 21.0. The normalized spacial score (nSPS) is 13.7. The third-order valence-corrected chi connectivity index (χ3v) is 7.19. The van der Waals surface area contributed by atoms with Crippen LogP contribution >= 0.6 is 11.8 Å². The number of sulfonamides is 1. The van der Waals surface area contributed by atoms with Crippen molar-refractivity contribution in [1.29, 1.82) is 0 Å². The number of pyridine rings is 1. The van der Waals surface area contributed by atoms with E-state index >= 15 is 0 Å². The molecular weight excluding hydrogens is 418 g/mol. The van der Waals surface area contributed by atoms with Gasteiger partial charge >= 0.3 is 0 Å². The second kappa shape index (κ2) is 8.99. The smallest absolute Gasteiger partial charge is 0.255 e. The summed E-state index contributed by atoms with van der Waals surface area (Å²) in [5.41, 5.74) is 2.23. The predicted octanol–water partition coefficient (Wildman–Crippen LogP) is 4.07. The standard InChI is InChI=1S/C22H21N3O3S2/c26-22(17-3-11-21(12-4-17)30(27,28)25-19-5-6-19)24-18-7-9-20(10-8-18)29-15-16-2-1-13-23-14-16/h1-4,7-14,19,25H,5-6,15H2,(H,24,26). The first-order valence-corrected chi connectivity index (χ1v) is 12.0. The number of amides is 1. The van der Waals surface area contributed by atoms with E-state index in [9.17, 15) is 13.2 Å². The van der Waals surface area contributed by atoms with E-state index in [-0.39, 0.29) is 16.8 Å². The molecule has 1 fully saturated rings. The number of carbonyl (C=O) groups is 1. The maximum atomic E-state index is 12.5. The van der Waals surface area contributed by atoms with Gasteiger partial charge in [0.15, 0.2) is 0 Å². The van der Waals surface area contributed by atoms with Crippen LogP contribution < -0.4 is 10.0 Å². The summed E-state index contributed by atoms with van der Waals surface area (Å²) in [7, 11) is -3.52. The monoisotopic (exact) mass is 439 g/mol. The van der Waals surface area contributed by atoms with Crippen molar-refractivity contribution in [2.24, 2.45) is 0 Å². The molecule has 0 aliphatic heterocycles. The largest absolute Gasteiger partial charge is 0.322 e. The van der Waals surface area contributed by atoms with Crippen LogP contribution in [0.1, 0.15) is 28.8 Å². The van der Waals surface area contributed by atoms with E-state index in [4.69, 9.17) is 0 Å². The highest BCUT2D eigenvalue weighted by atomic mass is 32.2. The Kier molecular flexibility index (Phi) is 6.17. The van der Waals surface area contributed by atoms with Crippen molar-refractivity contribution in [1.82, 2.24) is 9.71 Å². The highest BCUT2D eigenvalue weighted by molar-refractivity contribution is 7.98. The minimum Gasteiger partial charge on any atom is -0.322 e. The van der Waals surface area contributed by atoms with Gasteiger partial charge in [0.1, 0.15) is 0 Å². The number of anilines is 1. The Hall–Kier alpha value is -2.68. The van der Waals surface area contributed by atoms with E-state index < -0.39 is 10.0 Å². The van der Waals surface area contributed by atoms with Crippen LogP contribution in [0.25, 0.3) is 0 Å². The number of aromatic nitrogens is 1. The van der Waals surface area contributed by atoms with Gasteiger partial charge in [-0.3, -0.25) is 9.78 Å². The van der Waals surface area contributed by atoms with Gasteiger partial charge in [-0.1, -0.05) is 6.07 Å². The van der Waals surface area contributed by atoms with E-state index in [0.29, 0.717) is 11.3 Å². The average Bonchev–Trinajstić information content (AvgIpc) is 3.57. The molecule has 3 aromatic rings. The van der Waals surface area contributed by atoms with Gasteiger partial charge in [-0.15, -0.1) is 11.8 Å². The summed E-state index contributed by atoms with van der Waals surface area (Å²) in [4.78, 5) is 17.8. The summed E-state index contributed by atoms with van der Waals surface area (Å²) in [5, 5.41) is 2.84. The van der Waals surface area contributed by atoms with Crippen LogP contribution in [0.5, 0.6) is 0 Å². The van der Waals surface area contributed by atoms with Crippen LogP contribution in [0.15, 0.2) is 82.8 Å². The van der Waals surface area contributed by atoms with Crippen molar-refractivity contribution in [3.8, 4) is 0 Å². The maximum absolute atomic E-state index is 12.5. The van der Waals surface area contributed by atoms with Crippen molar-refractivity contribution in [2.75, 3.05) is 5.32 Å². The second-order valence-electron chi connectivity index (χ2n) is 7.05. The number of thioether (sulfide) groups is 1. The van der Waals surface area contributed by atoms with E-state index in [0.717, 1.165) is 29.1 Å². The number of hydrogen-bond acceptors (Lipinski definition) is 5. The molecule has 30 heavy (non-hydrogen) atoms. The Labute approximate surface area is 180 Å². The molecule has 0 bridgehead atoms. The zero-order valence-electron chi connectivity index (χ0n) is 16.1. The molecule has 0 spiro atoms. The van der Waals surface area contributed by atoms with Gasteiger partial charge in [0.05, 0.1) is 4.90 Å². The van der Waals surface area contributed by atoms with Gasteiger partial charge < -0.3 is 5.32 Å². The molecule has 1 aromatic heterocycles. The lowest BCUT2D eigenvalue weighted by Crippen LogP contribution is -2.25. The van der Waals surface area contributed by atoms with Crippen molar-refractivity contribution in [3.63, 3.8) is 0 Å². The van der Waals surface area contributed by atoms with Crippen LogP contribution in [0.3, 0.4) is 0 Å². The SMILES string of the molecule is O=C(Nc1ccc(SCc2cccnc2)cc1)c1ccc(S(=O)(=O)NC2CC2)cc1. The first-order chi connectivity index (χ1) is 14.5. The molecule has 1 aliphatic rings. The zero-order valence-corrected chi connectivity index (χ0v) is 17.7. The van der Waals surface area contributed by atoms with Gasteiger partial charge in [-0.2, -0.15) is 0 Å². The highest BCUT2D eigenvalue weighted by Crippen LogP contribution is 2.25. The Morgan fingerprint density at radius 2 is 1.77 bits per heavy atom. The van der Waals surface area contributed by atoms with E-state index in [1.807, 2.05) is 42.6 Å². The predicted molar refractivity (Wildman–Crippen MR) is 118 cm³/mol. The Morgan fingerprint density at radius 1 is 1.03 bits per heavy atom. The van der Waals surface area contributed by atoms with Crippen LogP contribution in [0.4, 0.5) is 5.69 Å². The molecule has 4 rings (SSSR count). The fourth-order valence-corrected chi connectivity index (χ4v) is 4.90. The lowest BCUT2D eigenvalue weighted by Gasteiger charge is -2.08. The fraction of sp³-hybridized carbons (Fsp3) is 0.182. The molecule has 2 N–H and O–H groups in total. The highest BCUT2D eigenvalue weighted by Gasteiger charge is 2.27. The summed E-state index contributed by atoms with van der Waals surface area (Å²) in [6, 6.07) is 17.6. The number of carbonyl (C=O) groups excluding carboxylic acids is 1. The summed E-state index contributed by atoms with van der Waals surface area (Å²) in [6.45, 7) is 0. The minimum absolute atomic E-state index is 0.0449. The third kappa shape index (κ3) is 5.47. The van der Waals surface area contributed by atoms with Gasteiger partial charge in [-0.05, 0) is 73.0 Å². The molecule has 0 saturated heterocycles. The van der Waals surface area contributed by atoms with Crippen molar-refractivity contribution in [3.05, 3.63) is 84.2 Å². The van der Waals surface area contributed by atoms with Gasteiger partial charge in [0.25, 0.3) is 5.91 Å². The Morgan fingerprint density at radius 3 is 2.40 bits per heavy atom. The molecule has 0 atom stereocenters. The number of nitrogens with zero attached hydrogens (tertiary/aromatic N) is 1. The molecule has 1 heterocycles. The number of benzene rings is 2. The summed E-state index contributed by atoms with van der Waals surface area (Å²) in [5.74, 6) is 0.537. The van der Waals surface area contributed by atoms with Gasteiger partial charge in [-0.25, -0.2) is 13.1 Å². The molecule has 6 nitrogen and oxygen atoms in total. The second-order valence-corrected chi connectivity index (χ2v) is 9.81. The topological polar surface area (TPSA) is 88.2 Å². The molecular formula is C22H21N3O3S2. The van der Waals surface area contributed by atoms with Gasteiger partial charge in [0, 0.05) is 40.3 Å². The maximum Gasteiger partial charge on any atom is 0.255 e. The summed E-state index contributed by atoms with van der Waals surface area (Å²) in [6.07, 6.45) is 5.35. The lowest BCUT2D eigenvalue weighted by atomic mass is 10.2. The molecule has 8 heteroatoms.